The van der Waals surface area contributed by atoms with Gasteiger partial charge in [-0.25, -0.2) is 4.67 Å². The normalized spacial score (nSPS) is 12.7. The third kappa shape index (κ3) is 5.50. The maximum Gasteiger partial charge on any atom is 0.199 e. The van der Waals surface area contributed by atoms with Gasteiger partial charge < -0.3 is 4.74 Å². The van der Waals surface area contributed by atoms with E-state index in [1.807, 2.05) is 35.2 Å². The average molecular weight is 294 g/mol. The predicted octanol–water partition coefficient (Wildman–Crippen LogP) is 2.71. The van der Waals surface area contributed by atoms with Crippen LogP contribution in [0.5, 0.6) is 0 Å². The summed E-state index contributed by atoms with van der Waals surface area (Å²) >= 11 is 0. The lowest BCUT2D eigenvalue weighted by Crippen LogP contribution is -2.34. The maximum absolute atomic E-state index is 5.64. The summed E-state index contributed by atoms with van der Waals surface area (Å²) in [5.74, 6) is 0. The van der Waals surface area contributed by atoms with Crippen LogP contribution in [0, 0.1) is 0 Å². The van der Waals surface area contributed by atoms with Crippen LogP contribution in [0.25, 0.3) is 0 Å². The molecule has 0 fully saturated rings. The van der Waals surface area contributed by atoms with Crippen LogP contribution < -0.4 is 0 Å². The first kappa shape index (κ1) is 19.0. The van der Waals surface area contributed by atoms with Gasteiger partial charge in [-0.2, -0.15) is 0 Å². The Balaban J connectivity index is 5.05. The molecule has 0 aromatic rings. The van der Waals surface area contributed by atoms with Crippen LogP contribution in [0.1, 0.15) is 26.7 Å². The third-order valence-electron chi connectivity index (χ3n) is 2.62. The summed E-state index contributed by atoms with van der Waals surface area (Å²) in [4.78, 5) is 10.0. The van der Waals surface area contributed by atoms with Crippen molar-refractivity contribution in [3.8, 4) is 0 Å². The molecule has 0 aromatic carbocycles. The van der Waals surface area contributed by atoms with E-state index in [-0.39, 0.29) is 0 Å². The molecule has 0 unspecified atom stereocenters. The van der Waals surface area contributed by atoms with Gasteiger partial charge in [-0.3, -0.25) is 14.2 Å². The monoisotopic (exact) mass is 294 g/mol. The minimum atomic E-state index is -2.02. The van der Waals surface area contributed by atoms with Crippen molar-refractivity contribution in [2.45, 2.75) is 26.7 Å². The van der Waals surface area contributed by atoms with Crippen LogP contribution in [0.15, 0.2) is 4.91 Å². The van der Waals surface area contributed by atoms with Crippen molar-refractivity contribution in [2.75, 3.05) is 55.2 Å². The molecule has 7 heteroatoms. The zero-order valence-corrected chi connectivity index (χ0v) is 14.5. The van der Waals surface area contributed by atoms with Crippen LogP contribution in [0.3, 0.4) is 0 Å². The number of hydrogen-bond acceptors (Lipinski definition) is 3. The SMILES string of the molecule is CCCOCN(C)P(=NOCCC)(N(C)C)N(C)C. The molecular formula is C12H31N4O2P. The molecule has 6 nitrogen and oxygen atoms in total. The number of rotatable bonds is 10. The molecule has 0 bridgehead atoms. The molecule has 116 valence electrons. The van der Waals surface area contributed by atoms with E-state index in [1.165, 1.54) is 0 Å². The van der Waals surface area contributed by atoms with Crippen LogP contribution in [-0.2, 0) is 9.57 Å². The van der Waals surface area contributed by atoms with Gasteiger partial charge in [0.05, 0.1) is 6.61 Å². The Kier molecular flexibility index (Phi) is 9.87. The van der Waals surface area contributed by atoms with Crippen molar-refractivity contribution in [3.63, 3.8) is 0 Å². The Morgan fingerprint density at radius 1 is 0.895 bits per heavy atom. The molecule has 0 spiro atoms. The van der Waals surface area contributed by atoms with E-state index in [2.05, 4.69) is 32.8 Å². The highest BCUT2D eigenvalue weighted by Crippen LogP contribution is 2.55. The average Bonchev–Trinajstić information content (AvgIpc) is 2.34. The zero-order valence-electron chi connectivity index (χ0n) is 13.6. The molecule has 0 saturated heterocycles. The van der Waals surface area contributed by atoms with E-state index in [9.17, 15) is 0 Å². The molecule has 0 aromatic heterocycles. The van der Waals surface area contributed by atoms with Gasteiger partial charge in [-0.1, -0.05) is 13.8 Å². The molecule has 0 saturated carbocycles. The van der Waals surface area contributed by atoms with E-state index in [0.717, 1.165) is 19.4 Å². The lowest BCUT2D eigenvalue weighted by Gasteiger charge is -2.41. The van der Waals surface area contributed by atoms with Gasteiger partial charge in [0.15, 0.2) is 7.51 Å². The second-order valence-corrected chi connectivity index (χ2v) is 8.36. The van der Waals surface area contributed by atoms with Crippen LogP contribution >= 0.6 is 7.51 Å². The lowest BCUT2D eigenvalue weighted by molar-refractivity contribution is 0.0737. The first-order valence-electron chi connectivity index (χ1n) is 6.82. The van der Waals surface area contributed by atoms with E-state index >= 15 is 0 Å². The minimum absolute atomic E-state index is 0.553. The van der Waals surface area contributed by atoms with Gasteiger partial charge in [-0.05, 0) is 48.1 Å². The van der Waals surface area contributed by atoms with Crippen molar-refractivity contribution in [3.05, 3.63) is 0 Å². The highest BCUT2D eigenvalue weighted by atomic mass is 31.2. The minimum Gasteiger partial charge on any atom is -0.366 e. The van der Waals surface area contributed by atoms with Gasteiger partial charge in [0.2, 0.25) is 0 Å². The first-order valence-corrected chi connectivity index (χ1v) is 8.42. The summed E-state index contributed by atoms with van der Waals surface area (Å²) in [7, 11) is 8.13. The fourth-order valence-corrected chi connectivity index (χ4v) is 4.63. The highest BCUT2D eigenvalue weighted by Gasteiger charge is 2.31. The fraction of sp³-hybridized carbons (Fsp3) is 1.00. The maximum atomic E-state index is 5.64. The van der Waals surface area contributed by atoms with Crippen molar-refractivity contribution in [1.82, 2.24) is 14.0 Å². The predicted molar refractivity (Wildman–Crippen MR) is 81.8 cm³/mol. The molecule has 19 heavy (non-hydrogen) atoms. The smallest absolute Gasteiger partial charge is 0.199 e. The van der Waals surface area contributed by atoms with Gasteiger partial charge in [0.25, 0.3) is 0 Å². The second-order valence-electron chi connectivity index (χ2n) is 4.84. The first-order chi connectivity index (χ1) is 8.93. The standard InChI is InChI=1S/C12H31N4O2P/c1-8-10-17-12-16(7)19(14(3)4,15(5)6)13-18-11-9-2/h8-12H2,1-7H3. The molecule has 0 amide bonds. The zero-order chi connectivity index (χ0) is 14.9. The number of ether oxygens (including phenoxy) is 1. The molecule has 0 heterocycles. The van der Waals surface area contributed by atoms with Crippen LogP contribution in [0.2, 0.25) is 0 Å². The molecule has 0 rings (SSSR count). The van der Waals surface area contributed by atoms with Gasteiger partial charge in [0, 0.05) is 6.61 Å². The third-order valence-corrected chi connectivity index (χ3v) is 6.13. The van der Waals surface area contributed by atoms with Gasteiger partial charge in [-0.15, -0.1) is 4.91 Å². The summed E-state index contributed by atoms with van der Waals surface area (Å²) in [6, 6.07) is 0. The molecule has 0 aliphatic heterocycles. The summed E-state index contributed by atoms with van der Waals surface area (Å²) in [6.45, 7) is 6.15. The van der Waals surface area contributed by atoms with E-state index < -0.39 is 7.51 Å². The van der Waals surface area contributed by atoms with E-state index in [1.54, 1.807) is 0 Å². The molecular weight excluding hydrogens is 263 g/mol. The van der Waals surface area contributed by atoms with Crippen molar-refractivity contribution < 1.29 is 9.57 Å². The van der Waals surface area contributed by atoms with Crippen LogP contribution in [-0.4, -0.2) is 69.2 Å². The quantitative estimate of drug-likeness (QED) is 0.268. The number of hydrogen-bond donors (Lipinski definition) is 0. The van der Waals surface area contributed by atoms with Crippen molar-refractivity contribution in [1.29, 1.82) is 0 Å². The van der Waals surface area contributed by atoms with Crippen molar-refractivity contribution >= 4 is 7.51 Å². The summed E-state index contributed by atoms with van der Waals surface area (Å²) in [5, 5.41) is 0. The lowest BCUT2D eigenvalue weighted by atomic mass is 10.5. The molecule has 0 aliphatic carbocycles. The second kappa shape index (κ2) is 9.86. The Morgan fingerprint density at radius 3 is 1.84 bits per heavy atom. The number of nitrogens with zero attached hydrogens (tertiary/aromatic N) is 4. The van der Waals surface area contributed by atoms with E-state index in [4.69, 9.17) is 9.57 Å². The fourth-order valence-electron chi connectivity index (χ4n) is 1.80. The molecule has 0 N–H and O–H groups in total. The summed E-state index contributed by atoms with van der Waals surface area (Å²) < 4.78 is 12.0. The topological polar surface area (TPSA) is 40.5 Å². The molecule has 0 radical (unpaired) electrons. The Morgan fingerprint density at radius 2 is 1.42 bits per heavy atom. The molecule has 0 atom stereocenters. The van der Waals surface area contributed by atoms with Crippen LogP contribution in [0.4, 0.5) is 0 Å². The summed E-state index contributed by atoms with van der Waals surface area (Å²) in [5.41, 5.74) is 0. The Bertz CT molecular complexity index is 273. The van der Waals surface area contributed by atoms with Gasteiger partial charge >= 0.3 is 0 Å². The van der Waals surface area contributed by atoms with E-state index in [0.29, 0.717) is 13.3 Å². The van der Waals surface area contributed by atoms with Crippen molar-refractivity contribution in [2.24, 2.45) is 4.91 Å². The van der Waals surface area contributed by atoms with Gasteiger partial charge in [0.1, 0.15) is 6.73 Å². The summed E-state index contributed by atoms with van der Waals surface area (Å²) in [6.07, 6.45) is 1.98. The Hall–Kier alpha value is 0.0300. The highest BCUT2D eigenvalue weighted by molar-refractivity contribution is 7.58. The largest absolute Gasteiger partial charge is 0.366 e. The molecule has 0 aliphatic rings. The Labute approximate surface area is 118 Å².